The van der Waals surface area contributed by atoms with E-state index < -0.39 is 0 Å². The highest BCUT2D eigenvalue weighted by Crippen LogP contribution is 2.12. The molecule has 0 amide bonds. The lowest BCUT2D eigenvalue weighted by Crippen LogP contribution is -2.30. The molecule has 1 N–H and O–H groups in total. The van der Waals surface area contributed by atoms with Crippen LogP contribution in [0.3, 0.4) is 0 Å². The Morgan fingerprint density at radius 3 is 2.53 bits per heavy atom. The summed E-state index contributed by atoms with van der Waals surface area (Å²) in [6.07, 6.45) is 2.28. The number of unbranched alkanes of at least 4 members (excludes halogenated alkanes) is 1. The predicted octanol–water partition coefficient (Wildman–Crippen LogP) is 3.38. The fraction of sp³-hybridized carbons (Fsp3) is 0.625. The van der Waals surface area contributed by atoms with E-state index in [1.807, 2.05) is 19.1 Å². The number of hydrogen-bond donors (Lipinski definition) is 1. The van der Waals surface area contributed by atoms with Crippen LogP contribution in [-0.4, -0.2) is 25.9 Å². The second-order valence-corrected chi connectivity index (χ2v) is 4.79. The summed E-state index contributed by atoms with van der Waals surface area (Å²) in [5, 5.41) is 3.44. The first-order chi connectivity index (χ1) is 9.26. The Hall–Kier alpha value is -1.06. The summed E-state index contributed by atoms with van der Waals surface area (Å²) in [5.41, 5.74) is 1.27. The summed E-state index contributed by atoms with van der Waals surface area (Å²) >= 11 is 0. The molecule has 0 saturated heterocycles. The highest BCUT2D eigenvalue weighted by Gasteiger charge is 2.01. The third kappa shape index (κ3) is 7.19. The minimum absolute atomic E-state index is 0.375. The van der Waals surface area contributed by atoms with Crippen LogP contribution in [0.2, 0.25) is 0 Å². The lowest BCUT2D eigenvalue weighted by Gasteiger charge is -2.13. The van der Waals surface area contributed by atoms with Crippen molar-refractivity contribution in [3.63, 3.8) is 0 Å². The van der Waals surface area contributed by atoms with Crippen LogP contribution < -0.4 is 10.1 Å². The van der Waals surface area contributed by atoms with E-state index in [0.29, 0.717) is 6.04 Å². The molecule has 0 aliphatic heterocycles. The maximum atomic E-state index is 5.64. The van der Waals surface area contributed by atoms with Gasteiger partial charge in [-0.15, -0.1) is 0 Å². The molecule has 1 atom stereocenters. The van der Waals surface area contributed by atoms with Gasteiger partial charge in [-0.25, -0.2) is 0 Å². The fourth-order valence-electron chi connectivity index (χ4n) is 1.68. The van der Waals surface area contributed by atoms with E-state index in [2.05, 4.69) is 31.3 Å². The van der Waals surface area contributed by atoms with Crippen molar-refractivity contribution in [3.8, 4) is 5.75 Å². The second-order valence-electron chi connectivity index (χ2n) is 4.79. The van der Waals surface area contributed by atoms with Gasteiger partial charge in [0.1, 0.15) is 5.75 Å². The third-order valence-electron chi connectivity index (χ3n) is 2.92. The van der Waals surface area contributed by atoms with Crippen LogP contribution in [0.5, 0.6) is 5.75 Å². The van der Waals surface area contributed by atoms with E-state index in [1.165, 1.54) is 12.0 Å². The monoisotopic (exact) mass is 265 g/mol. The van der Waals surface area contributed by atoms with Gasteiger partial charge in [-0.2, -0.15) is 0 Å². The van der Waals surface area contributed by atoms with E-state index >= 15 is 0 Å². The van der Waals surface area contributed by atoms with Gasteiger partial charge >= 0.3 is 0 Å². The number of benzene rings is 1. The molecule has 19 heavy (non-hydrogen) atoms. The first-order valence-corrected chi connectivity index (χ1v) is 7.29. The molecule has 108 valence electrons. The predicted molar refractivity (Wildman–Crippen MR) is 79.6 cm³/mol. The van der Waals surface area contributed by atoms with Crippen molar-refractivity contribution in [2.75, 3.05) is 19.8 Å². The standard InChI is InChI=1S/C16H27NO2/c1-4-6-11-19-16-9-7-15(8-10-16)12-17-14(3)13-18-5-2/h7-10,14,17H,4-6,11-13H2,1-3H3. The zero-order valence-electron chi connectivity index (χ0n) is 12.4. The highest BCUT2D eigenvalue weighted by atomic mass is 16.5. The molecular formula is C16H27NO2. The van der Waals surface area contributed by atoms with Gasteiger partial charge in [0.25, 0.3) is 0 Å². The Bertz CT molecular complexity index is 324. The van der Waals surface area contributed by atoms with Crippen molar-refractivity contribution in [2.45, 2.75) is 46.2 Å². The van der Waals surface area contributed by atoms with Crippen LogP contribution in [-0.2, 0) is 11.3 Å². The molecular weight excluding hydrogens is 238 g/mol. The Morgan fingerprint density at radius 1 is 1.16 bits per heavy atom. The number of hydrogen-bond acceptors (Lipinski definition) is 3. The van der Waals surface area contributed by atoms with E-state index in [9.17, 15) is 0 Å². The van der Waals surface area contributed by atoms with Gasteiger partial charge < -0.3 is 14.8 Å². The van der Waals surface area contributed by atoms with Crippen LogP contribution in [0.15, 0.2) is 24.3 Å². The third-order valence-corrected chi connectivity index (χ3v) is 2.92. The SMILES string of the molecule is CCCCOc1ccc(CNC(C)COCC)cc1. The van der Waals surface area contributed by atoms with Gasteiger partial charge in [0.15, 0.2) is 0 Å². The molecule has 1 rings (SSSR count). The number of rotatable bonds is 10. The summed E-state index contributed by atoms with van der Waals surface area (Å²) < 4.78 is 11.0. The van der Waals surface area contributed by atoms with E-state index in [0.717, 1.165) is 38.5 Å². The summed E-state index contributed by atoms with van der Waals surface area (Å²) in [4.78, 5) is 0. The van der Waals surface area contributed by atoms with Crippen molar-refractivity contribution in [1.29, 1.82) is 0 Å². The summed E-state index contributed by atoms with van der Waals surface area (Å²) in [6, 6.07) is 8.68. The topological polar surface area (TPSA) is 30.5 Å². The normalized spacial score (nSPS) is 12.4. The van der Waals surface area contributed by atoms with Crippen molar-refractivity contribution >= 4 is 0 Å². The molecule has 0 aromatic heterocycles. The molecule has 3 heteroatoms. The average Bonchev–Trinajstić information content (AvgIpc) is 2.44. The maximum Gasteiger partial charge on any atom is 0.119 e. The molecule has 0 saturated carbocycles. The maximum absolute atomic E-state index is 5.64. The minimum Gasteiger partial charge on any atom is -0.494 e. The molecule has 1 aromatic rings. The largest absolute Gasteiger partial charge is 0.494 e. The summed E-state index contributed by atoms with van der Waals surface area (Å²) in [6.45, 7) is 9.52. The van der Waals surface area contributed by atoms with Gasteiger partial charge in [-0.3, -0.25) is 0 Å². The number of nitrogens with one attached hydrogen (secondary N) is 1. The molecule has 0 bridgehead atoms. The Kier molecular flexibility index (Phi) is 8.26. The van der Waals surface area contributed by atoms with Gasteiger partial charge in [0, 0.05) is 19.2 Å². The molecule has 0 aliphatic rings. The Labute approximate surface area is 117 Å². The Morgan fingerprint density at radius 2 is 1.89 bits per heavy atom. The lowest BCUT2D eigenvalue weighted by molar-refractivity contribution is 0.127. The van der Waals surface area contributed by atoms with Gasteiger partial charge in [0.2, 0.25) is 0 Å². The minimum atomic E-state index is 0.375. The molecule has 0 spiro atoms. The first-order valence-electron chi connectivity index (χ1n) is 7.29. The first kappa shape index (κ1) is 16.0. The fourth-order valence-corrected chi connectivity index (χ4v) is 1.68. The zero-order chi connectivity index (χ0) is 13.9. The van der Waals surface area contributed by atoms with Gasteiger partial charge in [0.05, 0.1) is 13.2 Å². The van der Waals surface area contributed by atoms with Crippen LogP contribution in [0.4, 0.5) is 0 Å². The second kappa shape index (κ2) is 9.82. The van der Waals surface area contributed by atoms with Crippen LogP contribution >= 0.6 is 0 Å². The van der Waals surface area contributed by atoms with Crippen molar-refractivity contribution < 1.29 is 9.47 Å². The molecule has 0 fully saturated rings. The lowest BCUT2D eigenvalue weighted by atomic mass is 10.2. The van der Waals surface area contributed by atoms with Crippen molar-refractivity contribution in [3.05, 3.63) is 29.8 Å². The van der Waals surface area contributed by atoms with Crippen molar-refractivity contribution in [1.82, 2.24) is 5.32 Å². The zero-order valence-corrected chi connectivity index (χ0v) is 12.4. The van der Waals surface area contributed by atoms with Crippen LogP contribution in [0.25, 0.3) is 0 Å². The summed E-state index contributed by atoms with van der Waals surface area (Å²) in [7, 11) is 0. The Balaban J connectivity index is 2.27. The highest BCUT2D eigenvalue weighted by molar-refractivity contribution is 5.27. The number of ether oxygens (including phenoxy) is 2. The molecule has 0 aliphatic carbocycles. The van der Waals surface area contributed by atoms with E-state index in [4.69, 9.17) is 9.47 Å². The van der Waals surface area contributed by atoms with Gasteiger partial charge in [-0.1, -0.05) is 25.5 Å². The average molecular weight is 265 g/mol. The molecule has 1 unspecified atom stereocenters. The quantitative estimate of drug-likeness (QED) is 0.658. The molecule has 1 aromatic carbocycles. The van der Waals surface area contributed by atoms with E-state index in [-0.39, 0.29) is 0 Å². The van der Waals surface area contributed by atoms with Crippen molar-refractivity contribution in [2.24, 2.45) is 0 Å². The van der Waals surface area contributed by atoms with E-state index in [1.54, 1.807) is 0 Å². The van der Waals surface area contributed by atoms with Gasteiger partial charge in [-0.05, 0) is 38.0 Å². The molecule has 0 radical (unpaired) electrons. The molecule has 0 heterocycles. The van der Waals surface area contributed by atoms with Crippen LogP contribution in [0, 0.1) is 0 Å². The molecule has 3 nitrogen and oxygen atoms in total. The summed E-state index contributed by atoms with van der Waals surface area (Å²) in [5.74, 6) is 0.958. The smallest absolute Gasteiger partial charge is 0.119 e. The van der Waals surface area contributed by atoms with Crippen LogP contribution in [0.1, 0.15) is 39.2 Å².